The molecule has 134 valence electrons. The number of H-pyrrole nitrogens is 1. The van der Waals surface area contributed by atoms with Gasteiger partial charge >= 0.3 is 0 Å². The first kappa shape index (κ1) is 16.6. The highest BCUT2D eigenvalue weighted by Crippen LogP contribution is 2.38. The van der Waals surface area contributed by atoms with Gasteiger partial charge < -0.3 is 10.3 Å². The number of fused-ring (bicyclic) bond motifs is 1. The van der Waals surface area contributed by atoms with Crippen LogP contribution in [0.1, 0.15) is 45.1 Å². The molecule has 1 unspecified atom stereocenters. The van der Waals surface area contributed by atoms with Crippen LogP contribution < -0.4 is 5.32 Å². The summed E-state index contributed by atoms with van der Waals surface area (Å²) in [7, 11) is 0. The van der Waals surface area contributed by atoms with Gasteiger partial charge in [-0.25, -0.2) is 9.97 Å². The normalized spacial score (nSPS) is 16.0. The van der Waals surface area contributed by atoms with E-state index >= 15 is 0 Å². The molecule has 0 amide bonds. The molecule has 26 heavy (non-hydrogen) atoms. The third kappa shape index (κ3) is 2.92. The SMILES string of the molecule is CCNc1nn(C(CC#N)C2CCCC2)cc1-c1ncnc2[nH]ccc12. The Bertz CT molecular complexity index is 927. The topological polar surface area (TPSA) is 95.2 Å². The summed E-state index contributed by atoms with van der Waals surface area (Å²) in [6, 6.07) is 4.47. The highest BCUT2D eigenvalue weighted by molar-refractivity contribution is 5.93. The number of aromatic amines is 1. The van der Waals surface area contributed by atoms with Gasteiger partial charge in [-0.3, -0.25) is 4.68 Å². The second-order valence-electron chi connectivity index (χ2n) is 6.84. The second kappa shape index (κ2) is 7.16. The molecule has 2 N–H and O–H groups in total. The summed E-state index contributed by atoms with van der Waals surface area (Å²) < 4.78 is 1.99. The fraction of sp³-hybridized carbons (Fsp3) is 0.474. The van der Waals surface area contributed by atoms with E-state index in [-0.39, 0.29) is 6.04 Å². The molecule has 0 aliphatic heterocycles. The van der Waals surface area contributed by atoms with Crippen LogP contribution in [-0.2, 0) is 0 Å². The average molecular weight is 349 g/mol. The molecule has 0 aromatic carbocycles. The Morgan fingerprint density at radius 3 is 3.00 bits per heavy atom. The molecule has 7 heteroatoms. The van der Waals surface area contributed by atoms with Crippen LogP contribution in [0.3, 0.4) is 0 Å². The Balaban J connectivity index is 1.80. The standard InChI is InChI=1S/C19H23N7/c1-2-21-19-15(17-14-8-10-22-18(14)24-12-23-17)11-26(25-19)16(7-9-20)13-5-3-4-6-13/h8,10-13,16H,2-7H2,1H3,(H,21,25)(H,22,23,24). The molecular weight excluding hydrogens is 326 g/mol. The van der Waals surface area contributed by atoms with Crippen molar-refractivity contribution in [3.63, 3.8) is 0 Å². The lowest BCUT2D eigenvalue weighted by Gasteiger charge is -2.21. The first-order valence-electron chi connectivity index (χ1n) is 9.30. The number of nitrogens with zero attached hydrogens (tertiary/aromatic N) is 5. The van der Waals surface area contributed by atoms with Gasteiger partial charge in [0.15, 0.2) is 5.82 Å². The van der Waals surface area contributed by atoms with Gasteiger partial charge in [-0.2, -0.15) is 10.4 Å². The smallest absolute Gasteiger partial charge is 0.157 e. The highest BCUT2D eigenvalue weighted by atomic mass is 15.3. The number of nitriles is 1. The number of nitrogens with one attached hydrogen (secondary N) is 2. The largest absolute Gasteiger partial charge is 0.368 e. The van der Waals surface area contributed by atoms with Crippen LogP contribution in [-0.4, -0.2) is 31.3 Å². The molecule has 0 saturated heterocycles. The van der Waals surface area contributed by atoms with Crippen molar-refractivity contribution < 1.29 is 0 Å². The molecule has 1 saturated carbocycles. The van der Waals surface area contributed by atoms with Crippen LogP contribution in [0.4, 0.5) is 5.82 Å². The fourth-order valence-corrected chi connectivity index (χ4v) is 4.03. The van der Waals surface area contributed by atoms with Crippen molar-refractivity contribution in [3.8, 4) is 17.3 Å². The molecule has 3 aromatic rings. The Labute approximate surface area is 152 Å². The zero-order valence-corrected chi connectivity index (χ0v) is 14.9. The number of anilines is 1. The molecule has 1 aliphatic carbocycles. The number of rotatable bonds is 6. The maximum atomic E-state index is 9.34. The van der Waals surface area contributed by atoms with Crippen LogP contribution in [0.5, 0.6) is 0 Å². The zero-order valence-electron chi connectivity index (χ0n) is 14.9. The first-order chi connectivity index (χ1) is 12.8. The summed E-state index contributed by atoms with van der Waals surface area (Å²) in [4.78, 5) is 11.9. The van der Waals surface area contributed by atoms with Crippen molar-refractivity contribution in [2.75, 3.05) is 11.9 Å². The monoisotopic (exact) mass is 349 g/mol. The number of hydrogen-bond acceptors (Lipinski definition) is 5. The van der Waals surface area contributed by atoms with Gasteiger partial charge in [-0.05, 0) is 31.7 Å². The molecular formula is C19H23N7. The van der Waals surface area contributed by atoms with E-state index in [4.69, 9.17) is 5.10 Å². The predicted molar refractivity (Wildman–Crippen MR) is 100 cm³/mol. The first-order valence-corrected chi connectivity index (χ1v) is 9.30. The zero-order chi connectivity index (χ0) is 17.9. The minimum Gasteiger partial charge on any atom is -0.368 e. The van der Waals surface area contributed by atoms with Gasteiger partial charge in [0, 0.05) is 24.3 Å². The van der Waals surface area contributed by atoms with Gasteiger partial charge in [0.1, 0.15) is 12.0 Å². The maximum Gasteiger partial charge on any atom is 0.157 e. The van der Waals surface area contributed by atoms with E-state index in [2.05, 4.69) is 33.3 Å². The van der Waals surface area contributed by atoms with Gasteiger partial charge in [0.25, 0.3) is 0 Å². The van der Waals surface area contributed by atoms with E-state index in [1.807, 2.05) is 23.1 Å². The van der Waals surface area contributed by atoms with Crippen molar-refractivity contribution in [2.24, 2.45) is 5.92 Å². The van der Waals surface area contributed by atoms with Crippen molar-refractivity contribution in [2.45, 2.75) is 45.1 Å². The Morgan fingerprint density at radius 1 is 1.38 bits per heavy atom. The molecule has 7 nitrogen and oxygen atoms in total. The van der Waals surface area contributed by atoms with Crippen LogP contribution >= 0.6 is 0 Å². The molecule has 0 bridgehead atoms. The van der Waals surface area contributed by atoms with Crippen LogP contribution in [0, 0.1) is 17.2 Å². The summed E-state index contributed by atoms with van der Waals surface area (Å²) >= 11 is 0. The van der Waals surface area contributed by atoms with Gasteiger partial charge in [-0.15, -0.1) is 0 Å². The lowest BCUT2D eigenvalue weighted by molar-refractivity contribution is 0.315. The van der Waals surface area contributed by atoms with E-state index in [1.54, 1.807) is 6.33 Å². The lowest BCUT2D eigenvalue weighted by Crippen LogP contribution is -2.18. The molecule has 1 aliphatic rings. The van der Waals surface area contributed by atoms with Crippen LogP contribution in [0.25, 0.3) is 22.3 Å². The average Bonchev–Trinajstić information content (AvgIpc) is 3.39. The van der Waals surface area contributed by atoms with E-state index in [0.29, 0.717) is 12.3 Å². The maximum absolute atomic E-state index is 9.34. The van der Waals surface area contributed by atoms with E-state index < -0.39 is 0 Å². The summed E-state index contributed by atoms with van der Waals surface area (Å²) in [5.74, 6) is 1.34. The summed E-state index contributed by atoms with van der Waals surface area (Å²) in [5.41, 5.74) is 2.63. The van der Waals surface area contributed by atoms with Gasteiger partial charge in [0.05, 0.1) is 29.8 Å². The molecule has 1 fully saturated rings. The van der Waals surface area contributed by atoms with Gasteiger partial charge in [0.2, 0.25) is 0 Å². The second-order valence-corrected chi connectivity index (χ2v) is 6.84. The lowest BCUT2D eigenvalue weighted by atomic mass is 9.96. The molecule has 1 atom stereocenters. The van der Waals surface area contributed by atoms with Gasteiger partial charge in [-0.1, -0.05) is 12.8 Å². The summed E-state index contributed by atoms with van der Waals surface area (Å²) in [6.45, 7) is 2.83. The molecule has 3 heterocycles. The number of aromatic nitrogens is 5. The third-order valence-corrected chi connectivity index (χ3v) is 5.27. The predicted octanol–water partition coefficient (Wildman–Crippen LogP) is 3.90. The highest BCUT2D eigenvalue weighted by Gasteiger charge is 2.28. The van der Waals surface area contributed by atoms with Crippen molar-refractivity contribution in [1.82, 2.24) is 24.7 Å². The minimum atomic E-state index is 0.122. The minimum absolute atomic E-state index is 0.122. The van der Waals surface area contributed by atoms with Crippen LogP contribution in [0.15, 0.2) is 24.8 Å². The van der Waals surface area contributed by atoms with E-state index in [9.17, 15) is 5.26 Å². The molecule has 4 rings (SSSR count). The fourth-order valence-electron chi connectivity index (χ4n) is 4.03. The van der Waals surface area contributed by atoms with E-state index in [1.165, 1.54) is 25.7 Å². The third-order valence-electron chi connectivity index (χ3n) is 5.27. The van der Waals surface area contributed by atoms with Crippen molar-refractivity contribution >= 4 is 16.9 Å². The Morgan fingerprint density at radius 2 is 2.23 bits per heavy atom. The Kier molecular flexibility index (Phi) is 4.57. The van der Waals surface area contributed by atoms with E-state index in [0.717, 1.165) is 34.7 Å². The van der Waals surface area contributed by atoms with Crippen molar-refractivity contribution in [1.29, 1.82) is 5.26 Å². The Hall–Kier alpha value is -2.88. The summed E-state index contributed by atoms with van der Waals surface area (Å²) in [6.07, 6.45) is 10.8. The quantitative estimate of drug-likeness (QED) is 0.704. The van der Waals surface area contributed by atoms with Crippen molar-refractivity contribution in [3.05, 3.63) is 24.8 Å². The molecule has 3 aromatic heterocycles. The molecule has 0 spiro atoms. The van der Waals surface area contributed by atoms with Crippen LogP contribution in [0.2, 0.25) is 0 Å². The summed E-state index contributed by atoms with van der Waals surface area (Å²) in [5, 5.41) is 18.5. The number of hydrogen-bond donors (Lipinski definition) is 2. The molecule has 0 radical (unpaired) electrons.